The van der Waals surface area contributed by atoms with Crippen LogP contribution in [0.25, 0.3) is 17.0 Å². The maximum absolute atomic E-state index is 12.9. The molecule has 31 heavy (non-hydrogen) atoms. The van der Waals surface area contributed by atoms with Crippen molar-refractivity contribution >= 4 is 23.0 Å². The minimum Gasteiger partial charge on any atom is -0.339 e. The van der Waals surface area contributed by atoms with E-state index in [4.69, 9.17) is 4.52 Å². The van der Waals surface area contributed by atoms with Gasteiger partial charge in [-0.1, -0.05) is 23.4 Å². The van der Waals surface area contributed by atoms with Crippen LogP contribution in [0.2, 0.25) is 0 Å². The van der Waals surface area contributed by atoms with Gasteiger partial charge in [0.15, 0.2) is 0 Å². The second-order valence-electron chi connectivity index (χ2n) is 7.84. The summed E-state index contributed by atoms with van der Waals surface area (Å²) >= 11 is 0. The quantitative estimate of drug-likeness (QED) is 0.537. The summed E-state index contributed by atoms with van der Waals surface area (Å²) in [5.74, 6) is 0.915. The number of anilines is 1. The van der Waals surface area contributed by atoms with Gasteiger partial charge in [-0.25, -0.2) is 4.98 Å². The number of rotatable bonds is 4. The van der Waals surface area contributed by atoms with E-state index in [9.17, 15) is 9.59 Å². The lowest BCUT2D eigenvalue weighted by atomic mass is 9.88. The molecule has 0 unspecified atom stereocenters. The SMILES string of the molecule is Cc1ccc(-c2noc([C@@H]3CCCC(=O)C3)n2)cc1NC(=O)c1cnc2ccccn12. The predicted molar refractivity (Wildman–Crippen MR) is 114 cm³/mol. The summed E-state index contributed by atoms with van der Waals surface area (Å²) in [5, 5.41) is 7.06. The molecule has 1 N–H and O–H groups in total. The van der Waals surface area contributed by atoms with E-state index in [-0.39, 0.29) is 17.6 Å². The van der Waals surface area contributed by atoms with Gasteiger partial charge in [-0.15, -0.1) is 0 Å². The fraction of sp³-hybridized carbons (Fsp3) is 0.261. The van der Waals surface area contributed by atoms with Gasteiger partial charge in [0.05, 0.1) is 6.20 Å². The first kappa shape index (κ1) is 19.2. The highest BCUT2D eigenvalue weighted by Gasteiger charge is 2.26. The number of nitrogens with one attached hydrogen (secondary N) is 1. The van der Waals surface area contributed by atoms with Gasteiger partial charge in [-0.3, -0.25) is 14.0 Å². The Labute approximate surface area is 178 Å². The molecule has 1 atom stereocenters. The van der Waals surface area contributed by atoms with Crippen molar-refractivity contribution in [1.29, 1.82) is 0 Å². The summed E-state index contributed by atoms with van der Waals surface area (Å²) in [4.78, 5) is 33.4. The number of Topliss-reactive ketones (excluding diaryl/α,β-unsaturated/α-hetero) is 1. The Morgan fingerprint density at radius 1 is 1.26 bits per heavy atom. The Morgan fingerprint density at radius 2 is 2.16 bits per heavy atom. The van der Waals surface area contributed by atoms with Crippen molar-refractivity contribution in [2.45, 2.75) is 38.5 Å². The van der Waals surface area contributed by atoms with Crippen LogP contribution in [0, 0.1) is 6.92 Å². The highest BCUT2D eigenvalue weighted by molar-refractivity contribution is 6.04. The molecule has 1 aromatic carbocycles. The third-order valence-corrected chi connectivity index (χ3v) is 5.67. The number of pyridine rings is 1. The van der Waals surface area contributed by atoms with E-state index in [0.29, 0.717) is 41.6 Å². The number of ketones is 1. The van der Waals surface area contributed by atoms with Gasteiger partial charge in [0.2, 0.25) is 11.7 Å². The molecule has 3 aromatic heterocycles. The van der Waals surface area contributed by atoms with Gasteiger partial charge in [-0.2, -0.15) is 4.98 Å². The third kappa shape index (κ3) is 3.72. The standard InChI is InChI=1S/C23H21N5O3/c1-14-8-9-15(21-26-23(31-27-21)16-5-4-6-17(29)11-16)12-18(14)25-22(30)19-13-24-20-7-2-3-10-28(19)20/h2-3,7-10,12-13,16H,4-6,11H2,1H3,(H,25,30)/t16-/m1/s1. The lowest BCUT2D eigenvalue weighted by Crippen LogP contribution is -2.15. The number of amides is 1. The second kappa shape index (κ2) is 7.79. The number of aromatic nitrogens is 4. The average molecular weight is 415 g/mol. The number of hydrogen-bond acceptors (Lipinski definition) is 6. The molecule has 1 fully saturated rings. The minimum absolute atomic E-state index is 0.0118. The molecule has 1 saturated carbocycles. The Bertz CT molecular complexity index is 1290. The Morgan fingerprint density at radius 3 is 3.03 bits per heavy atom. The van der Waals surface area contributed by atoms with Crippen molar-refractivity contribution < 1.29 is 14.1 Å². The summed E-state index contributed by atoms with van der Waals surface area (Å²) in [6.07, 6.45) is 6.17. The summed E-state index contributed by atoms with van der Waals surface area (Å²) < 4.78 is 7.19. The van der Waals surface area contributed by atoms with Gasteiger partial charge >= 0.3 is 0 Å². The molecule has 3 heterocycles. The molecule has 1 aliphatic carbocycles. The first-order chi connectivity index (χ1) is 15.1. The van der Waals surface area contributed by atoms with Gasteiger partial charge in [-0.05, 0) is 43.5 Å². The van der Waals surface area contributed by atoms with Crippen molar-refractivity contribution in [3.05, 3.63) is 65.9 Å². The number of fused-ring (bicyclic) bond motifs is 1. The maximum Gasteiger partial charge on any atom is 0.274 e. The number of aryl methyl sites for hydroxylation is 1. The van der Waals surface area contributed by atoms with Crippen molar-refractivity contribution in [3.63, 3.8) is 0 Å². The summed E-state index contributed by atoms with van der Waals surface area (Å²) in [5.41, 5.74) is 3.46. The molecule has 5 rings (SSSR count). The molecular formula is C23H21N5O3. The summed E-state index contributed by atoms with van der Waals surface area (Å²) in [7, 11) is 0. The van der Waals surface area contributed by atoms with Gasteiger partial charge < -0.3 is 9.84 Å². The van der Waals surface area contributed by atoms with E-state index in [0.717, 1.165) is 24.0 Å². The molecule has 1 amide bonds. The van der Waals surface area contributed by atoms with Crippen molar-refractivity contribution in [3.8, 4) is 11.4 Å². The minimum atomic E-state index is -0.256. The molecule has 1 aliphatic rings. The molecule has 8 nitrogen and oxygen atoms in total. The molecule has 0 aliphatic heterocycles. The molecule has 8 heteroatoms. The predicted octanol–water partition coefficient (Wildman–Crippen LogP) is 4.17. The average Bonchev–Trinajstić information content (AvgIpc) is 3.43. The number of imidazole rings is 1. The third-order valence-electron chi connectivity index (χ3n) is 5.67. The fourth-order valence-corrected chi connectivity index (χ4v) is 3.94. The lowest BCUT2D eigenvalue weighted by Gasteiger charge is -2.16. The van der Waals surface area contributed by atoms with E-state index >= 15 is 0 Å². The fourth-order valence-electron chi connectivity index (χ4n) is 3.94. The zero-order valence-electron chi connectivity index (χ0n) is 17.0. The normalized spacial score (nSPS) is 16.5. The van der Waals surface area contributed by atoms with Crippen LogP contribution < -0.4 is 5.32 Å². The number of benzene rings is 1. The highest BCUT2D eigenvalue weighted by Crippen LogP contribution is 2.31. The zero-order valence-corrected chi connectivity index (χ0v) is 17.0. The lowest BCUT2D eigenvalue weighted by molar-refractivity contribution is -0.120. The Kier molecular flexibility index (Phi) is 4.82. The van der Waals surface area contributed by atoms with E-state index < -0.39 is 0 Å². The molecule has 156 valence electrons. The van der Waals surface area contributed by atoms with Crippen molar-refractivity contribution in [2.75, 3.05) is 5.32 Å². The number of nitrogens with zero attached hydrogens (tertiary/aromatic N) is 4. The molecular weight excluding hydrogens is 394 g/mol. The van der Waals surface area contributed by atoms with Crippen LogP contribution in [0.3, 0.4) is 0 Å². The number of hydrogen-bond donors (Lipinski definition) is 1. The topological polar surface area (TPSA) is 102 Å². The smallest absolute Gasteiger partial charge is 0.274 e. The zero-order chi connectivity index (χ0) is 21.4. The van der Waals surface area contributed by atoms with E-state index in [1.807, 2.05) is 43.3 Å². The van der Waals surface area contributed by atoms with Crippen LogP contribution in [0.1, 0.15) is 53.5 Å². The highest BCUT2D eigenvalue weighted by atomic mass is 16.5. The van der Waals surface area contributed by atoms with Gasteiger partial charge in [0.25, 0.3) is 5.91 Å². The van der Waals surface area contributed by atoms with Crippen molar-refractivity contribution in [2.24, 2.45) is 0 Å². The van der Waals surface area contributed by atoms with Crippen LogP contribution in [0.5, 0.6) is 0 Å². The van der Waals surface area contributed by atoms with Crippen LogP contribution in [-0.2, 0) is 4.79 Å². The molecule has 4 aromatic rings. The van der Waals surface area contributed by atoms with Crippen LogP contribution >= 0.6 is 0 Å². The Balaban J connectivity index is 1.39. The van der Waals surface area contributed by atoms with Gasteiger partial charge in [0.1, 0.15) is 17.1 Å². The number of carbonyl (C=O) groups excluding carboxylic acids is 2. The molecule has 0 radical (unpaired) electrons. The molecule has 0 spiro atoms. The van der Waals surface area contributed by atoms with Gasteiger partial charge in [0, 0.05) is 36.2 Å². The first-order valence-electron chi connectivity index (χ1n) is 10.3. The van der Waals surface area contributed by atoms with E-state index in [2.05, 4.69) is 20.4 Å². The largest absolute Gasteiger partial charge is 0.339 e. The van der Waals surface area contributed by atoms with Crippen LogP contribution in [-0.4, -0.2) is 31.2 Å². The number of carbonyl (C=O) groups is 2. The van der Waals surface area contributed by atoms with Crippen LogP contribution in [0.4, 0.5) is 5.69 Å². The summed E-state index contributed by atoms with van der Waals surface area (Å²) in [6, 6.07) is 11.2. The Hall–Kier alpha value is -3.81. The van der Waals surface area contributed by atoms with Crippen molar-refractivity contribution in [1.82, 2.24) is 19.5 Å². The summed E-state index contributed by atoms with van der Waals surface area (Å²) in [6.45, 7) is 1.92. The van der Waals surface area contributed by atoms with E-state index in [1.54, 1.807) is 16.8 Å². The first-order valence-corrected chi connectivity index (χ1v) is 10.3. The maximum atomic E-state index is 12.9. The second-order valence-corrected chi connectivity index (χ2v) is 7.84. The molecule has 0 saturated heterocycles. The van der Waals surface area contributed by atoms with Crippen LogP contribution in [0.15, 0.2) is 53.3 Å². The molecule has 0 bridgehead atoms. The monoisotopic (exact) mass is 415 g/mol. The van der Waals surface area contributed by atoms with E-state index in [1.165, 1.54) is 0 Å².